The number of hydrogen-bond acceptors (Lipinski definition) is 6. The summed E-state index contributed by atoms with van der Waals surface area (Å²) in [6.07, 6.45) is 1.60. The summed E-state index contributed by atoms with van der Waals surface area (Å²) in [5, 5.41) is 0.630. The van der Waals surface area contributed by atoms with Crippen LogP contribution in [0.1, 0.15) is 5.56 Å². The largest absolute Gasteiger partial charge is 0.497 e. The summed E-state index contributed by atoms with van der Waals surface area (Å²) in [6, 6.07) is 12.8. The SMILES string of the molecule is COc1ccc(CSc2cc(Oc3c(Cl)cc(N)cc3Cl)ncc2OC)cc1. The summed E-state index contributed by atoms with van der Waals surface area (Å²) >= 11 is 14.0. The molecule has 0 aliphatic rings. The predicted octanol–water partition coefficient (Wildman–Crippen LogP) is 6.07. The van der Waals surface area contributed by atoms with E-state index in [0.29, 0.717) is 33.1 Å². The molecule has 1 heterocycles. The second-order valence-electron chi connectivity index (χ2n) is 5.73. The Morgan fingerprint density at radius 1 is 1.00 bits per heavy atom. The highest BCUT2D eigenvalue weighted by Crippen LogP contribution is 2.40. The number of methoxy groups -OCH3 is 2. The first-order valence-electron chi connectivity index (χ1n) is 8.22. The summed E-state index contributed by atoms with van der Waals surface area (Å²) in [6.45, 7) is 0. The van der Waals surface area contributed by atoms with Gasteiger partial charge in [-0.3, -0.25) is 0 Å². The third-order valence-corrected chi connectivity index (χ3v) is 5.48. The molecule has 3 aromatic rings. The Balaban J connectivity index is 1.79. The Morgan fingerprint density at radius 2 is 1.68 bits per heavy atom. The zero-order valence-electron chi connectivity index (χ0n) is 15.2. The molecule has 0 amide bonds. The normalized spacial score (nSPS) is 10.6. The van der Waals surface area contributed by atoms with E-state index in [-0.39, 0.29) is 0 Å². The molecule has 1 aromatic heterocycles. The lowest BCUT2D eigenvalue weighted by molar-refractivity contribution is 0.397. The van der Waals surface area contributed by atoms with Crippen molar-refractivity contribution >= 4 is 40.7 Å². The molecule has 0 atom stereocenters. The maximum Gasteiger partial charge on any atom is 0.220 e. The second-order valence-corrected chi connectivity index (χ2v) is 7.56. The molecule has 3 rings (SSSR count). The van der Waals surface area contributed by atoms with Crippen LogP contribution in [-0.2, 0) is 5.75 Å². The Hall–Kier alpha value is -2.28. The van der Waals surface area contributed by atoms with Crippen LogP contribution in [0.15, 0.2) is 53.6 Å². The number of rotatable bonds is 7. The van der Waals surface area contributed by atoms with Gasteiger partial charge in [-0.15, -0.1) is 11.8 Å². The number of halogens is 2. The predicted molar refractivity (Wildman–Crippen MR) is 114 cm³/mol. The quantitative estimate of drug-likeness (QED) is 0.357. The summed E-state index contributed by atoms with van der Waals surface area (Å²) in [4.78, 5) is 5.14. The molecule has 2 N–H and O–H groups in total. The number of nitrogens with two attached hydrogens (primary N) is 1. The van der Waals surface area contributed by atoms with Crippen LogP contribution in [0.2, 0.25) is 10.0 Å². The van der Waals surface area contributed by atoms with Gasteiger partial charge < -0.3 is 19.9 Å². The molecular formula is C20H18Cl2N2O3S. The number of hydrogen-bond donors (Lipinski definition) is 1. The minimum atomic E-state index is 0.307. The molecule has 0 aliphatic carbocycles. The molecule has 0 aliphatic heterocycles. The van der Waals surface area contributed by atoms with E-state index in [1.807, 2.05) is 24.3 Å². The van der Waals surface area contributed by atoms with Gasteiger partial charge in [0.25, 0.3) is 0 Å². The molecule has 0 saturated heterocycles. The zero-order chi connectivity index (χ0) is 20.1. The second kappa shape index (κ2) is 9.28. The number of nitrogens with zero attached hydrogens (tertiary/aromatic N) is 1. The summed E-state index contributed by atoms with van der Waals surface area (Å²) < 4.78 is 16.4. The van der Waals surface area contributed by atoms with Crippen molar-refractivity contribution in [2.45, 2.75) is 10.6 Å². The van der Waals surface area contributed by atoms with E-state index < -0.39 is 0 Å². The van der Waals surface area contributed by atoms with Crippen molar-refractivity contribution in [2.75, 3.05) is 20.0 Å². The van der Waals surface area contributed by atoms with E-state index in [1.54, 1.807) is 50.4 Å². The number of benzene rings is 2. The number of nitrogen functional groups attached to an aromatic ring is 1. The molecule has 2 aromatic carbocycles. The van der Waals surface area contributed by atoms with Crippen molar-refractivity contribution in [3.05, 3.63) is 64.3 Å². The number of ether oxygens (including phenoxy) is 3. The Bertz CT molecular complexity index is 945. The van der Waals surface area contributed by atoms with Gasteiger partial charge in [0, 0.05) is 17.5 Å². The van der Waals surface area contributed by atoms with Crippen LogP contribution >= 0.6 is 35.0 Å². The lowest BCUT2D eigenvalue weighted by Crippen LogP contribution is -1.95. The van der Waals surface area contributed by atoms with E-state index in [2.05, 4.69) is 4.98 Å². The first-order valence-corrected chi connectivity index (χ1v) is 9.96. The van der Waals surface area contributed by atoms with Crippen molar-refractivity contribution < 1.29 is 14.2 Å². The molecular weight excluding hydrogens is 419 g/mol. The van der Waals surface area contributed by atoms with E-state index in [0.717, 1.165) is 22.0 Å². The van der Waals surface area contributed by atoms with Crippen molar-refractivity contribution in [1.82, 2.24) is 4.98 Å². The van der Waals surface area contributed by atoms with Crippen LogP contribution in [0, 0.1) is 0 Å². The minimum Gasteiger partial charge on any atom is -0.497 e. The van der Waals surface area contributed by atoms with Gasteiger partial charge in [-0.05, 0) is 29.8 Å². The highest BCUT2D eigenvalue weighted by atomic mass is 35.5. The number of anilines is 1. The fourth-order valence-corrected chi connectivity index (χ4v) is 3.95. The zero-order valence-corrected chi connectivity index (χ0v) is 17.6. The third-order valence-electron chi connectivity index (χ3n) is 3.81. The molecule has 0 spiro atoms. The molecule has 5 nitrogen and oxygen atoms in total. The first kappa shape index (κ1) is 20.5. The van der Waals surface area contributed by atoms with Crippen molar-refractivity contribution in [1.29, 1.82) is 0 Å². The van der Waals surface area contributed by atoms with Gasteiger partial charge in [-0.1, -0.05) is 35.3 Å². The third kappa shape index (κ3) is 4.95. The standard InChI is InChI=1S/C20H18Cl2N2O3S/c1-25-14-5-3-12(4-6-14)11-28-18-9-19(24-10-17(18)26-2)27-20-15(21)7-13(23)8-16(20)22/h3-10H,11,23H2,1-2H3. The van der Waals surface area contributed by atoms with Gasteiger partial charge in [0.2, 0.25) is 5.88 Å². The fourth-order valence-electron chi connectivity index (χ4n) is 2.39. The van der Waals surface area contributed by atoms with E-state index in [1.165, 1.54) is 0 Å². The van der Waals surface area contributed by atoms with E-state index in [9.17, 15) is 0 Å². The maximum absolute atomic E-state index is 6.19. The van der Waals surface area contributed by atoms with Crippen LogP contribution in [0.4, 0.5) is 5.69 Å². The van der Waals surface area contributed by atoms with Crippen molar-refractivity contribution in [2.24, 2.45) is 0 Å². The molecule has 146 valence electrons. The molecule has 28 heavy (non-hydrogen) atoms. The monoisotopic (exact) mass is 436 g/mol. The highest BCUT2D eigenvalue weighted by Gasteiger charge is 2.13. The summed E-state index contributed by atoms with van der Waals surface area (Å²) in [5.74, 6) is 2.88. The molecule has 0 fully saturated rings. The maximum atomic E-state index is 6.19. The topological polar surface area (TPSA) is 66.6 Å². The number of aromatic nitrogens is 1. The van der Waals surface area contributed by atoms with E-state index in [4.69, 9.17) is 43.1 Å². The molecule has 8 heteroatoms. The van der Waals surface area contributed by atoms with Gasteiger partial charge in [0.05, 0.1) is 35.4 Å². The van der Waals surface area contributed by atoms with Crippen LogP contribution < -0.4 is 19.9 Å². The summed E-state index contributed by atoms with van der Waals surface area (Å²) in [5.41, 5.74) is 7.34. The van der Waals surface area contributed by atoms with Gasteiger partial charge in [0.1, 0.15) is 5.75 Å². The molecule has 0 saturated carbocycles. The van der Waals surface area contributed by atoms with Crippen LogP contribution in [0.25, 0.3) is 0 Å². The Labute approximate surface area is 177 Å². The van der Waals surface area contributed by atoms with Gasteiger partial charge in [-0.2, -0.15) is 0 Å². The molecule has 0 unspecified atom stereocenters. The van der Waals surface area contributed by atoms with Crippen LogP contribution in [0.3, 0.4) is 0 Å². The average molecular weight is 437 g/mol. The van der Waals surface area contributed by atoms with E-state index >= 15 is 0 Å². The number of pyridine rings is 1. The average Bonchev–Trinajstić information content (AvgIpc) is 2.69. The smallest absolute Gasteiger partial charge is 0.220 e. The summed E-state index contributed by atoms with van der Waals surface area (Å²) in [7, 11) is 3.25. The van der Waals surface area contributed by atoms with Crippen LogP contribution in [0.5, 0.6) is 23.1 Å². The Kier molecular flexibility index (Phi) is 6.78. The Morgan fingerprint density at radius 3 is 2.29 bits per heavy atom. The highest BCUT2D eigenvalue weighted by molar-refractivity contribution is 7.98. The first-order chi connectivity index (χ1) is 13.5. The fraction of sp³-hybridized carbons (Fsp3) is 0.150. The van der Waals surface area contributed by atoms with Gasteiger partial charge >= 0.3 is 0 Å². The van der Waals surface area contributed by atoms with Crippen LogP contribution in [-0.4, -0.2) is 19.2 Å². The van der Waals surface area contributed by atoms with Crippen molar-refractivity contribution in [3.8, 4) is 23.1 Å². The molecule has 0 bridgehead atoms. The number of thioether (sulfide) groups is 1. The van der Waals surface area contributed by atoms with Crippen molar-refractivity contribution in [3.63, 3.8) is 0 Å². The van der Waals surface area contributed by atoms with Gasteiger partial charge in [-0.25, -0.2) is 4.98 Å². The lowest BCUT2D eigenvalue weighted by atomic mass is 10.2. The minimum absolute atomic E-state index is 0.307. The van der Waals surface area contributed by atoms with Gasteiger partial charge in [0.15, 0.2) is 11.5 Å². The lowest BCUT2D eigenvalue weighted by Gasteiger charge is -2.12. The molecule has 0 radical (unpaired) electrons.